The number of methoxy groups -OCH3 is 1. The quantitative estimate of drug-likeness (QED) is 0.633. The Balaban J connectivity index is 0.00000240. The highest BCUT2D eigenvalue weighted by Crippen LogP contribution is 2.29. The summed E-state index contributed by atoms with van der Waals surface area (Å²) in [6, 6.07) is 20.9. The standard InChI is InChI=1S/C25H34N2O.ClH/c1-28-24-14-12-21(13-15-24)20-25(22-8-4-2-5-9-22)27-18-16-26(17-19-27)23-10-6-3-7-11-23;/h2,4-5,8-9,12-15,23,25H,3,6-7,10-11,16-20H2,1H3;1H. The van der Waals surface area contributed by atoms with Gasteiger partial charge < -0.3 is 4.74 Å². The third-order valence-electron chi connectivity index (χ3n) is 6.65. The second-order valence-corrected chi connectivity index (χ2v) is 8.34. The summed E-state index contributed by atoms with van der Waals surface area (Å²) in [4.78, 5) is 5.48. The topological polar surface area (TPSA) is 15.7 Å². The molecular formula is C25H35ClN2O. The summed E-state index contributed by atoms with van der Waals surface area (Å²) in [5.74, 6) is 0.932. The molecule has 2 aromatic carbocycles. The van der Waals surface area contributed by atoms with Crippen molar-refractivity contribution < 1.29 is 4.74 Å². The Hall–Kier alpha value is -1.55. The maximum absolute atomic E-state index is 5.33. The van der Waals surface area contributed by atoms with Crippen molar-refractivity contribution in [1.29, 1.82) is 0 Å². The van der Waals surface area contributed by atoms with Gasteiger partial charge in [0.2, 0.25) is 0 Å². The number of piperazine rings is 1. The predicted molar refractivity (Wildman–Crippen MR) is 123 cm³/mol. The summed E-state index contributed by atoms with van der Waals surface area (Å²) in [6.07, 6.45) is 8.16. The molecule has 0 radical (unpaired) electrons. The average molecular weight is 415 g/mol. The first-order valence-electron chi connectivity index (χ1n) is 11.0. The van der Waals surface area contributed by atoms with Crippen LogP contribution in [0.5, 0.6) is 5.75 Å². The zero-order chi connectivity index (χ0) is 19.2. The predicted octanol–water partition coefficient (Wildman–Crippen LogP) is 5.35. The molecule has 3 nitrogen and oxygen atoms in total. The fraction of sp³-hybridized carbons (Fsp3) is 0.520. The Kier molecular flexibility index (Phi) is 8.40. The maximum Gasteiger partial charge on any atom is 0.118 e. The zero-order valence-corrected chi connectivity index (χ0v) is 18.4. The molecule has 1 heterocycles. The number of hydrogen-bond donors (Lipinski definition) is 0. The molecule has 1 saturated heterocycles. The normalized spacial score (nSPS) is 20.0. The molecule has 1 atom stereocenters. The van der Waals surface area contributed by atoms with Gasteiger partial charge in [-0.25, -0.2) is 0 Å². The van der Waals surface area contributed by atoms with E-state index in [1.165, 1.54) is 69.4 Å². The lowest BCUT2D eigenvalue weighted by Gasteiger charge is -2.43. The lowest BCUT2D eigenvalue weighted by Crippen LogP contribution is -2.51. The molecule has 2 aliphatic rings. The van der Waals surface area contributed by atoms with Gasteiger partial charge in [0.15, 0.2) is 0 Å². The lowest BCUT2D eigenvalue weighted by atomic mass is 9.93. The van der Waals surface area contributed by atoms with Crippen molar-refractivity contribution in [2.45, 2.75) is 50.6 Å². The van der Waals surface area contributed by atoms with Crippen LogP contribution >= 0.6 is 12.4 Å². The average Bonchev–Trinajstić information content (AvgIpc) is 2.79. The minimum Gasteiger partial charge on any atom is -0.497 e. The number of ether oxygens (including phenoxy) is 1. The van der Waals surface area contributed by atoms with Crippen LogP contribution in [0.1, 0.15) is 49.3 Å². The van der Waals surface area contributed by atoms with Gasteiger partial charge >= 0.3 is 0 Å². The molecule has 2 fully saturated rings. The summed E-state index contributed by atoms with van der Waals surface area (Å²) >= 11 is 0. The third-order valence-corrected chi connectivity index (χ3v) is 6.65. The van der Waals surface area contributed by atoms with Crippen LogP contribution in [-0.4, -0.2) is 49.1 Å². The number of halogens is 1. The van der Waals surface area contributed by atoms with E-state index >= 15 is 0 Å². The van der Waals surface area contributed by atoms with E-state index in [0.717, 1.165) is 18.2 Å². The van der Waals surface area contributed by atoms with E-state index in [1.54, 1.807) is 7.11 Å². The van der Waals surface area contributed by atoms with Crippen molar-refractivity contribution in [3.8, 4) is 5.75 Å². The zero-order valence-electron chi connectivity index (χ0n) is 17.6. The van der Waals surface area contributed by atoms with Crippen LogP contribution in [0.4, 0.5) is 0 Å². The van der Waals surface area contributed by atoms with E-state index in [9.17, 15) is 0 Å². The van der Waals surface area contributed by atoms with E-state index in [2.05, 4.69) is 64.4 Å². The Labute approximate surface area is 182 Å². The number of nitrogens with zero attached hydrogens (tertiary/aromatic N) is 2. The van der Waals surface area contributed by atoms with Crippen molar-refractivity contribution in [3.63, 3.8) is 0 Å². The summed E-state index contributed by atoms with van der Waals surface area (Å²) < 4.78 is 5.33. The molecule has 0 amide bonds. The summed E-state index contributed by atoms with van der Waals surface area (Å²) in [6.45, 7) is 4.78. The van der Waals surface area contributed by atoms with Gasteiger partial charge in [-0.05, 0) is 42.5 Å². The molecule has 0 N–H and O–H groups in total. The van der Waals surface area contributed by atoms with Crippen LogP contribution in [0.25, 0.3) is 0 Å². The van der Waals surface area contributed by atoms with E-state index in [0.29, 0.717) is 6.04 Å². The first kappa shape index (κ1) is 22.1. The van der Waals surface area contributed by atoms with Crippen LogP contribution in [0.3, 0.4) is 0 Å². The Morgan fingerprint density at radius 3 is 2.14 bits per heavy atom. The molecule has 158 valence electrons. The molecule has 1 unspecified atom stereocenters. The van der Waals surface area contributed by atoms with Crippen LogP contribution in [0.2, 0.25) is 0 Å². The molecule has 1 aliphatic carbocycles. The van der Waals surface area contributed by atoms with Gasteiger partial charge in [0.1, 0.15) is 5.75 Å². The molecule has 4 heteroatoms. The molecule has 4 rings (SSSR count). The minimum absolute atomic E-state index is 0. The van der Waals surface area contributed by atoms with Crippen molar-refractivity contribution >= 4 is 12.4 Å². The Morgan fingerprint density at radius 2 is 1.52 bits per heavy atom. The fourth-order valence-electron chi connectivity index (χ4n) is 4.98. The first-order chi connectivity index (χ1) is 13.8. The minimum atomic E-state index is 0. The second-order valence-electron chi connectivity index (χ2n) is 8.34. The van der Waals surface area contributed by atoms with E-state index in [-0.39, 0.29) is 12.4 Å². The van der Waals surface area contributed by atoms with E-state index in [1.807, 2.05) is 0 Å². The molecule has 1 saturated carbocycles. The molecule has 2 aromatic rings. The smallest absolute Gasteiger partial charge is 0.118 e. The fourth-order valence-corrected chi connectivity index (χ4v) is 4.98. The number of benzene rings is 2. The van der Waals surface area contributed by atoms with Crippen LogP contribution < -0.4 is 4.74 Å². The van der Waals surface area contributed by atoms with Crippen molar-refractivity contribution in [3.05, 3.63) is 65.7 Å². The van der Waals surface area contributed by atoms with Crippen LogP contribution in [0.15, 0.2) is 54.6 Å². The van der Waals surface area contributed by atoms with Gasteiger partial charge in [-0.1, -0.05) is 61.7 Å². The third kappa shape index (κ3) is 5.75. The van der Waals surface area contributed by atoms with Gasteiger partial charge in [-0.3, -0.25) is 9.80 Å². The lowest BCUT2D eigenvalue weighted by molar-refractivity contribution is 0.0559. The van der Waals surface area contributed by atoms with E-state index < -0.39 is 0 Å². The van der Waals surface area contributed by atoms with Gasteiger partial charge in [0.05, 0.1) is 7.11 Å². The monoisotopic (exact) mass is 414 g/mol. The van der Waals surface area contributed by atoms with E-state index in [4.69, 9.17) is 4.74 Å². The maximum atomic E-state index is 5.33. The molecule has 0 spiro atoms. The first-order valence-corrected chi connectivity index (χ1v) is 11.0. The largest absolute Gasteiger partial charge is 0.497 e. The molecule has 29 heavy (non-hydrogen) atoms. The summed E-state index contributed by atoms with van der Waals surface area (Å²) in [5.41, 5.74) is 2.81. The molecule has 0 bridgehead atoms. The highest BCUT2D eigenvalue weighted by atomic mass is 35.5. The Bertz CT molecular complexity index is 707. The highest BCUT2D eigenvalue weighted by Gasteiger charge is 2.29. The van der Waals surface area contributed by atoms with Gasteiger partial charge in [0, 0.05) is 38.3 Å². The number of rotatable bonds is 6. The van der Waals surface area contributed by atoms with Gasteiger partial charge in [-0.2, -0.15) is 0 Å². The molecular weight excluding hydrogens is 380 g/mol. The van der Waals surface area contributed by atoms with Crippen LogP contribution in [-0.2, 0) is 6.42 Å². The van der Waals surface area contributed by atoms with Crippen molar-refractivity contribution in [1.82, 2.24) is 9.80 Å². The van der Waals surface area contributed by atoms with Gasteiger partial charge in [0.25, 0.3) is 0 Å². The van der Waals surface area contributed by atoms with Gasteiger partial charge in [-0.15, -0.1) is 12.4 Å². The summed E-state index contributed by atoms with van der Waals surface area (Å²) in [7, 11) is 1.73. The molecule has 0 aromatic heterocycles. The summed E-state index contributed by atoms with van der Waals surface area (Å²) in [5, 5.41) is 0. The highest BCUT2D eigenvalue weighted by molar-refractivity contribution is 5.85. The SMILES string of the molecule is COc1ccc(CC(c2ccccc2)N2CCN(C3CCCCC3)CC2)cc1.Cl. The Morgan fingerprint density at radius 1 is 0.862 bits per heavy atom. The molecule has 1 aliphatic heterocycles. The van der Waals surface area contributed by atoms with Crippen molar-refractivity contribution in [2.24, 2.45) is 0 Å². The van der Waals surface area contributed by atoms with Crippen molar-refractivity contribution in [2.75, 3.05) is 33.3 Å². The van der Waals surface area contributed by atoms with Crippen LogP contribution in [0, 0.1) is 0 Å². The second kappa shape index (κ2) is 11.0. The number of hydrogen-bond acceptors (Lipinski definition) is 3.